The molecule has 0 aromatic heterocycles. The molecule has 0 nitrogen and oxygen atoms in total. The summed E-state index contributed by atoms with van der Waals surface area (Å²) in [6, 6.07) is 0. The molecular formula is C20H16. The van der Waals surface area contributed by atoms with Crippen molar-refractivity contribution in [3.63, 3.8) is 0 Å². The molecule has 0 saturated heterocycles. The summed E-state index contributed by atoms with van der Waals surface area (Å²) in [7, 11) is 0. The Morgan fingerprint density at radius 1 is 0.650 bits per heavy atom. The second-order valence-corrected chi connectivity index (χ2v) is 5.31. The molecule has 4 rings (SSSR count). The van der Waals surface area contributed by atoms with Gasteiger partial charge in [0.2, 0.25) is 0 Å². The minimum atomic E-state index is 1.14. The van der Waals surface area contributed by atoms with Crippen LogP contribution in [0.5, 0.6) is 0 Å². The van der Waals surface area contributed by atoms with Crippen LogP contribution in [0.15, 0.2) is 106 Å². The van der Waals surface area contributed by atoms with Gasteiger partial charge in [0.15, 0.2) is 0 Å². The topological polar surface area (TPSA) is 0 Å². The molecule has 0 heterocycles. The van der Waals surface area contributed by atoms with Crippen LogP contribution in [0.1, 0.15) is 12.8 Å². The average molecular weight is 256 g/mol. The van der Waals surface area contributed by atoms with Crippen LogP contribution in [0.3, 0.4) is 0 Å². The molecule has 4 aliphatic carbocycles. The SMILES string of the molecule is C1=CC=C2C3=C(/C=C\C=CC=C3)C3=CCCC(=C23)C=C1. The lowest BCUT2D eigenvalue weighted by atomic mass is 9.87. The van der Waals surface area contributed by atoms with Gasteiger partial charge in [0.25, 0.3) is 0 Å². The van der Waals surface area contributed by atoms with Gasteiger partial charge in [-0.2, -0.15) is 0 Å². The normalized spacial score (nSPS) is 24.4. The number of fused-ring (bicyclic) bond motifs is 2. The van der Waals surface area contributed by atoms with Gasteiger partial charge in [0.1, 0.15) is 0 Å². The monoisotopic (exact) mass is 256 g/mol. The van der Waals surface area contributed by atoms with Crippen molar-refractivity contribution >= 4 is 0 Å². The van der Waals surface area contributed by atoms with Crippen molar-refractivity contribution in [2.24, 2.45) is 0 Å². The maximum absolute atomic E-state index is 2.40. The molecule has 0 aliphatic heterocycles. The van der Waals surface area contributed by atoms with Crippen molar-refractivity contribution in [2.75, 3.05) is 0 Å². The summed E-state index contributed by atoms with van der Waals surface area (Å²) in [6.07, 6.45) is 28.6. The zero-order valence-electron chi connectivity index (χ0n) is 11.3. The first-order valence-corrected chi connectivity index (χ1v) is 7.21. The number of hydrogen-bond donors (Lipinski definition) is 0. The van der Waals surface area contributed by atoms with Crippen LogP contribution >= 0.6 is 0 Å². The van der Waals surface area contributed by atoms with Crippen molar-refractivity contribution in [3.05, 3.63) is 106 Å². The average Bonchev–Trinajstić information content (AvgIpc) is 2.68. The molecule has 0 radical (unpaired) electrons. The fraction of sp³-hybridized carbons (Fsp3) is 0.100. The quantitative estimate of drug-likeness (QED) is 0.569. The molecule has 0 fully saturated rings. The van der Waals surface area contributed by atoms with Crippen molar-refractivity contribution in [1.29, 1.82) is 0 Å². The molecular weight excluding hydrogens is 240 g/mol. The molecule has 0 amide bonds. The molecule has 0 atom stereocenters. The van der Waals surface area contributed by atoms with E-state index >= 15 is 0 Å². The molecule has 4 aliphatic rings. The second kappa shape index (κ2) is 4.64. The van der Waals surface area contributed by atoms with Crippen LogP contribution in [0.25, 0.3) is 0 Å². The number of hydrogen-bond acceptors (Lipinski definition) is 0. The molecule has 0 heteroatoms. The lowest BCUT2D eigenvalue weighted by Gasteiger charge is -2.17. The first kappa shape index (κ1) is 11.5. The standard InChI is InChI=1S/C20H16/c1-2-6-12-17-16(11-5-1)18-13-7-3-4-9-15-10-8-14-19(17)20(15)18/h1-7,9,11-14H,8,10H2/b2-1?,4-3?,5-1?,6-2?,7-3?,9-4?,11-5?,12-6-,13-7?,15-9?,16-11?,17-12?,18-13?. The Bertz CT molecular complexity index is 735. The summed E-state index contributed by atoms with van der Waals surface area (Å²) in [5.41, 5.74) is 8.43. The van der Waals surface area contributed by atoms with Gasteiger partial charge in [0, 0.05) is 0 Å². The number of rotatable bonds is 0. The zero-order chi connectivity index (χ0) is 13.4. The van der Waals surface area contributed by atoms with E-state index in [0.717, 1.165) is 12.8 Å². The van der Waals surface area contributed by atoms with Crippen LogP contribution in [0, 0.1) is 0 Å². The third kappa shape index (κ3) is 1.69. The predicted molar refractivity (Wildman–Crippen MR) is 85.2 cm³/mol. The van der Waals surface area contributed by atoms with Gasteiger partial charge >= 0.3 is 0 Å². The van der Waals surface area contributed by atoms with E-state index in [9.17, 15) is 0 Å². The fourth-order valence-electron chi connectivity index (χ4n) is 3.28. The Balaban J connectivity index is 2.01. The highest BCUT2D eigenvalue weighted by Crippen LogP contribution is 2.47. The Labute approximate surface area is 119 Å². The maximum Gasteiger partial charge on any atom is -0.00699 e. The molecule has 0 aromatic carbocycles. The smallest absolute Gasteiger partial charge is 0.00699 e. The van der Waals surface area contributed by atoms with Crippen LogP contribution < -0.4 is 0 Å². The molecule has 0 bridgehead atoms. The number of allylic oxidation sites excluding steroid dienone is 18. The first-order chi connectivity index (χ1) is 9.95. The Kier molecular flexibility index (Phi) is 2.67. The van der Waals surface area contributed by atoms with Crippen LogP contribution in [-0.4, -0.2) is 0 Å². The summed E-state index contributed by atoms with van der Waals surface area (Å²) >= 11 is 0. The van der Waals surface area contributed by atoms with Crippen molar-refractivity contribution < 1.29 is 0 Å². The van der Waals surface area contributed by atoms with Crippen LogP contribution in [0.2, 0.25) is 0 Å². The van der Waals surface area contributed by atoms with Crippen LogP contribution in [0.4, 0.5) is 0 Å². The lowest BCUT2D eigenvalue weighted by molar-refractivity contribution is 0.963. The summed E-state index contributed by atoms with van der Waals surface area (Å²) in [5.74, 6) is 0. The first-order valence-electron chi connectivity index (χ1n) is 7.21. The largest absolute Gasteiger partial charge is 0.0757 e. The summed E-state index contributed by atoms with van der Waals surface area (Å²) < 4.78 is 0. The summed E-state index contributed by atoms with van der Waals surface area (Å²) in [4.78, 5) is 0. The van der Waals surface area contributed by atoms with E-state index in [1.54, 1.807) is 0 Å². The van der Waals surface area contributed by atoms with E-state index in [2.05, 4.69) is 72.9 Å². The fourth-order valence-corrected chi connectivity index (χ4v) is 3.28. The van der Waals surface area contributed by atoms with Gasteiger partial charge in [-0.3, -0.25) is 0 Å². The minimum absolute atomic E-state index is 1.14. The molecule has 96 valence electrons. The predicted octanol–water partition coefficient (Wildman–Crippen LogP) is 5.05. The van der Waals surface area contributed by atoms with Gasteiger partial charge in [0.05, 0.1) is 0 Å². The van der Waals surface area contributed by atoms with Gasteiger partial charge in [-0.05, 0) is 46.3 Å². The molecule has 0 unspecified atom stereocenters. The Morgan fingerprint density at radius 3 is 2.20 bits per heavy atom. The third-order valence-corrected chi connectivity index (χ3v) is 4.13. The molecule has 20 heavy (non-hydrogen) atoms. The minimum Gasteiger partial charge on any atom is -0.0757 e. The van der Waals surface area contributed by atoms with Gasteiger partial charge in [-0.25, -0.2) is 0 Å². The Morgan fingerprint density at radius 2 is 1.35 bits per heavy atom. The van der Waals surface area contributed by atoms with Crippen molar-refractivity contribution in [2.45, 2.75) is 12.8 Å². The van der Waals surface area contributed by atoms with Crippen LogP contribution in [-0.2, 0) is 0 Å². The van der Waals surface area contributed by atoms with Gasteiger partial charge in [-0.1, -0.05) is 72.9 Å². The Hall–Kier alpha value is -2.34. The molecule has 0 spiro atoms. The van der Waals surface area contributed by atoms with E-state index in [1.165, 1.54) is 33.4 Å². The van der Waals surface area contributed by atoms with Gasteiger partial charge < -0.3 is 0 Å². The van der Waals surface area contributed by atoms with E-state index in [-0.39, 0.29) is 0 Å². The third-order valence-electron chi connectivity index (χ3n) is 4.13. The highest BCUT2D eigenvalue weighted by Gasteiger charge is 2.29. The van der Waals surface area contributed by atoms with E-state index < -0.39 is 0 Å². The van der Waals surface area contributed by atoms with Crippen molar-refractivity contribution in [1.82, 2.24) is 0 Å². The highest BCUT2D eigenvalue weighted by molar-refractivity contribution is 5.80. The molecule has 0 saturated carbocycles. The van der Waals surface area contributed by atoms with Gasteiger partial charge in [-0.15, -0.1) is 0 Å². The lowest BCUT2D eigenvalue weighted by Crippen LogP contribution is -1.99. The highest BCUT2D eigenvalue weighted by atomic mass is 14.3. The second-order valence-electron chi connectivity index (χ2n) is 5.31. The molecule has 0 aromatic rings. The van der Waals surface area contributed by atoms with E-state index in [4.69, 9.17) is 0 Å². The van der Waals surface area contributed by atoms with E-state index in [0.29, 0.717) is 0 Å². The summed E-state index contributed by atoms with van der Waals surface area (Å²) in [6.45, 7) is 0. The zero-order valence-corrected chi connectivity index (χ0v) is 11.3. The van der Waals surface area contributed by atoms with Crippen molar-refractivity contribution in [3.8, 4) is 0 Å². The summed E-state index contributed by atoms with van der Waals surface area (Å²) in [5, 5.41) is 0. The molecule has 0 N–H and O–H groups in total. The van der Waals surface area contributed by atoms with E-state index in [1.807, 2.05) is 0 Å². The maximum atomic E-state index is 2.40.